The zero-order valence-corrected chi connectivity index (χ0v) is 19.8. The van der Waals surface area contributed by atoms with Gasteiger partial charge in [0.15, 0.2) is 10.8 Å². The fourth-order valence-electron chi connectivity index (χ4n) is 2.90. The van der Waals surface area contributed by atoms with Gasteiger partial charge in [-0.2, -0.15) is 0 Å². The molecule has 12 nitrogen and oxygen atoms in total. The molecular weight excluding hydrogens is 519 g/mol. The second-order valence-corrected chi connectivity index (χ2v) is 11.6. The van der Waals surface area contributed by atoms with Gasteiger partial charge in [0.1, 0.15) is 27.0 Å². The van der Waals surface area contributed by atoms with Gasteiger partial charge in [0.2, 0.25) is 0 Å². The maximum atomic E-state index is 12.7. The molecule has 2 aromatic rings. The van der Waals surface area contributed by atoms with Crippen LogP contribution in [0.25, 0.3) is 0 Å². The molecule has 2 atom stereocenters. The van der Waals surface area contributed by atoms with Gasteiger partial charge in [-0.05, 0) is 11.5 Å². The number of carboxylic acids is 1. The normalized spacial score (nSPS) is 20.7. The molecule has 4 rings (SSSR count). The minimum atomic E-state index is -1.21. The van der Waals surface area contributed by atoms with Crippen LogP contribution in [0.15, 0.2) is 31.5 Å². The lowest BCUT2D eigenvalue weighted by atomic mass is 10.0. The molecule has 0 radical (unpaired) electrons. The molecule has 5 N–H and O–H groups in total. The van der Waals surface area contributed by atoms with Crippen LogP contribution in [-0.2, 0) is 14.4 Å². The number of thiazole rings is 1. The highest BCUT2D eigenvalue weighted by Gasteiger charge is 2.54. The van der Waals surface area contributed by atoms with Crippen LogP contribution in [0.4, 0.5) is 5.13 Å². The third-order valence-corrected chi connectivity index (χ3v) is 9.47. The number of anilines is 1. The number of carbonyl (C=O) groups excluding carboxylic acids is 2. The maximum Gasteiger partial charge on any atom is 0.353 e. The van der Waals surface area contributed by atoms with Crippen molar-refractivity contribution in [3.05, 3.63) is 27.9 Å². The fraction of sp³-hybridized carbons (Fsp3) is 0.267. The topological polar surface area (TPSA) is 184 Å². The number of rotatable bonds is 8. The maximum absolute atomic E-state index is 12.7. The number of fused-ring (bicyclic) bond motifs is 1. The van der Waals surface area contributed by atoms with E-state index in [2.05, 4.69) is 25.0 Å². The molecule has 168 valence electrons. The molecule has 17 heteroatoms. The van der Waals surface area contributed by atoms with Crippen LogP contribution >= 0.6 is 58.2 Å². The molecule has 0 aliphatic carbocycles. The van der Waals surface area contributed by atoms with Crippen LogP contribution in [0.3, 0.4) is 0 Å². The van der Waals surface area contributed by atoms with E-state index in [9.17, 15) is 24.7 Å². The Balaban J connectivity index is 1.44. The molecule has 0 unspecified atom stereocenters. The summed E-state index contributed by atoms with van der Waals surface area (Å²) in [6.07, 6.45) is 1.63. The summed E-state index contributed by atoms with van der Waals surface area (Å²) in [5.41, 5.74) is 5.15. The number of nitrogen functional groups attached to an aromatic ring is 1. The van der Waals surface area contributed by atoms with Crippen molar-refractivity contribution >= 4 is 86.8 Å². The van der Waals surface area contributed by atoms with Gasteiger partial charge in [0.25, 0.3) is 11.8 Å². The molecule has 0 saturated carbocycles. The zero-order valence-electron chi connectivity index (χ0n) is 15.7. The number of carboxylic acid groups (broad SMARTS) is 1. The van der Waals surface area contributed by atoms with Gasteiger partial charge in [-0.15, -0.1) is 51.7 Å². The lowest BCUT2D eigenvalue weighted by Crippen LogP contribution is -2.71. The molecule has 2 amide bonds. The average Bonchev–Trinajstić information content (AvgIpc) is 3.44. The lowest BCUT2D eigenvalue weighted by Gasteiger charge is -2.49. The van der Waals surface area contributed by atoms with E-state index in [0.29, 0.717) is 15.7 Å². The Labute approximate surface area is 200 Å². The molecule has 4 heterocycles. The van der Waals surface area contributed by atoms with Crippen molar-refractivity contribution in [2.75, 3.05) is 16.6 Å². The number of nitrogens with zero attached hydrogens (tertiary/aromatic N) is 5. The minimum Gasteiger partial charge on any atom is -0.477 e. The van der Waals surface area contributed by atoms with E-state index in [0.717, 1.165) is 15.5 Å². The van der Waals surface area contributed by atoms with Gasteiger partial charge in [0, 0.05) is 21.1 Å². The monoisotopic (exact) mass is 531 g/mol. The van der Waals surface area contributed by atoms with Gasteiger partial charge >= 0.3 is 5.97 Å². The van der Waals surface area contributed by atoms with E-state index < -0.39 is 29.2 Å². The first-order valence-corrected chi connectivity index (χ1v) is 13.3. The number of hydrogen-bond donors (Lipinski definition) is 4. The van der Waals surface area contributed by atoms with Crippen LogP contribution in [0.2, 0.25) is 0 Å². The first-order valence-electron chi connectivity index (χ1n) is 8.59. The summed E-state index contributed by atoms with van der Waals surface area (Å²) >= 11 is 6.47. The fourth-order valence-corrected chi connectivity index (χ4v) is 7.91. The second kappa shape index (κ2) is 9.65. The third kappa shape index (κ3) is 4.42. The molecule has 32 heavy (non-hydrogen) atoms. The van der Waals surface area contributed by atoms with Gasteiger partial charge < -0.3 is 21.4 Å². The number of thioether (sulfide) groups is 3. The number of aliphatic carboxylic acids is 1. The Morgan fingerprint density at radius 1 is 1.41 bits per heavy atom. The smallest absolute Gasteiger partial charge is 0.353 e. The number of nitrogens with two attached hydrogens (primary N) is 1. The van der Waals surface area contributed by atoms with E-state index in [-0.39, 0.29) is 22.2 Å². The Bertz CT molecular complexity index is 1120. The van der Waals surface area contributed by atoms with Crippen LogP contribution in [0.1, 0.15) is 5.69 Å². The van der Waals surface area contributed by atoms with Gasteiger partial charge in [-0.3, -0.25) is 14.5 Å². The number of β-lactam (4-membered cyclic amide) rings is 1. The highest BCUT2D eigenvalue weighted by atomic mass is 32.2. The molecule has 2 aliphatic heterocycles. The molecule has 0 spiro atoms. The van der Waals surface area contributed by atoms with Crippen molar-refractivity contribution in [2.45, 2.75) is 15.6 Å². The predicted molar refractivity (Wildman–Crippen MR) is 123 cm³/mol. The first-order chi connectivity index (χ1) is 15.4. The molecule has 2 aliphatic rings. The van der Waals surface area contributed by atoms with E-state index in [4.69, 9.17) is 5.73 Å². The summed E-state index contributed by atoms with van der Waals surface area (Å²) in [5.74, 6) is -2.21. The predicted octanol–water partition coefficient (Wildman–Crippen LogP) is 0.934. The Morgan fingerprint density at radius 2 is 2.22 bits per heavy atom. The summed E-state index contributed by atoms with van der Waals surface area (Å²) < 4.78 is 4.68. The van der Waals surface area contributed by atoms with E-state index in [1.165, 1.54) is 57.1 Å². The Hall–Kier alpha value is -2.34. The molecule has 1 saturated heterocycles. The minimum absolute atomic E-state index is 0.0749. The number of carbonyl (C=O) groups is 3. The lowest BCUT2D eigenvalue weighted by molar-refractivity contribution is -0.150. The highest BCUT2D eigenvalue weighted by Crippen LogP contribution is 2.44. The summed E-state index contributed by atoms with van der Waals surface area (Å²) in [7, 11) is 0. The largest absolute Gasteiger partial charge is 0.477 e. The van der Waals surface area contributed by atoms with E-state index >= 15 is 0 Å². The summed E-state index contributed by atoms with van der Waals surface area (Å²) in [6.45, 7) is 0. The average molecular weight is 532 g/mol. The Kier molecular flexibility index (Phi) is 6.89. The highest BCUT2D eigenvalue weighted by molar-refractivity contribution is 8.19. The van der Waals surface area contributed by atoms with Crippen molar-refractivity contribution < 1.29 is 24.7 Å². The number of hydrogen-bond acceptors (Lipinski definition) is 14. The third-order valence-electron chi connectivity index (χ3n) is 4.28. The van der Waals surface area contributed by atoms with Crippen LogP contribution in [-0.4, -0.2) is 75.5 Å². The van der Waals surface area contributed by atoms with Crippen molar-refractivity contribution in [3.8, 4) is 0 Å². The van der Waals surface area contributed by atoms with E-state index in [1.54, 1.807) is 6.20 Å². The number of oxime groups is 1. The summed E-state index contributed by atoms with van der Waals surface area (Å²) in [4.78, 5) is 42.8. The molecule has 0 bridgehead atoms. The standard InChI is InChI=1S/C15H13N7O5S5/c16-15-18-5(2-29-15)8(20-27)11(23)19-9-12(24)22-10(14(25)26)6(3-28-13(9)22)30-4-31-7-1-17-21-32-7/h1-2,9,13,27H,3-4H2,(H2,16,18)(H,19,23)(H,25,26)/b20-8-/t9-,13+/m1/s1. The molecule has 1 fully saturated rings. The molecule has 2 aromatic heterocycles. The molecule has 0 aromatic carbocycles. The summed E-state index contributed by atoms with van der Waals surface area (Å²) in [6, 6.07) is -0.959. The number of amides is 2. The zero-order chi connectivity index (χ0) is 22.8. The van der Waals surface area contributed by atoms with Crippen molar-refractivity contribution in [1.29, 1.82) is 0 Å². The van der Waals surface area contributed by atoms with Crippen molar-refractivity contribution in [1.82, 2.24) is 24.8 Å². The van der Waals surface area contributed by atoms with Gasteiger partial charge in [-0.25, -0.2) is 9.78 Å². The number of aromatic nitrogens is 3. The van der Waals surface area contributed by atoms with Crippen molar-refractivity contribution in [3.63, 3.8) is 0 Å². The van der Waals surface area contributed by atoms with Crippen LogP contribution in [0.5, 0.6) is 0 Å². The van der Waals surface area contributed by atoms with Crippen LogP contribution in [0, 0.1) is 0 Å². The van der Waals surface area contributed by atoms with Gasteiger partial charge in [-0.1, -0.05) is 9.64 Å². The second-order valence-electron chi connectivity index (χ2n) is 6.10. The molecular formula is C15H13N7O5S5. The van der Waals surface area contributed by atoms with E-state index in [1.807, 2.05) is 0 Å². The first kappa shape index (κ1) is 22.8. The van der Waals surface area contributed by atoms with Gasteiger partial charge in [0.05, 0.1) is 6.20 Å². The van der Waals surface area contributed by atoms with Crippen LogP contribution < -0.4 is 11.1 Å². The quantitative estimate of drug-likeness (QED) is 0.0945. The summed E-state index contributed by atoms with van der Waals surface area (Å²) in [5, 5.41) is 29.7. The SMILES string of the molecule is Nc1nc(/C(=N/O)C(=O)N[C@@H]2C(=O)N3C(C(=O)O)=C(SCSc4cnns4)CS[C@@H]23)cs1. The number of nitrogens with one attached hydrogen (secondary N) is 1. The Morgan fingerprint density at radius 3 is 2.84 bits per heavy atom. The van der Waals surface area contributed by atoms with Crippen molar-refractivity contribution in [2.24, 2.45) is 5.16 Å².